The Morgan fingerprint density at radius 2 is 2.07 bits per heavy atom. The minimum atomic E-state index is -1.45. The van der Waals surface area contributed by atoms with E-state index in [1.54, 1.807) is 6.92 Å². The number of fused-ring (bicyclic) bond motifs is 1. The molecule has 45 heavy (non-hydrogen) atoms. The predicted molar refractivity (Wildman–Crippen MR) is 171 cm³/mol. The van der Waals surface area contributed by atoms with Crippen molar-refractivity contribution in [3.8, 4) is 6.07 Å². The van der Waals surface area contributed by atoms with Gasteiger partial charge in [-0.15, -0.1) is 0 Å². The van der Waals surface area contributed by atoms with E-state index in [1.807, 2.05) is 6.07 Å². The van der Waals surface area contributed by atoms with Crippen LogP contribution in [0.2, 0.25) is 25.7 Å². The Balaban J connectivity index is 1.74. The van der Waals surface area contributed by atoms with E-state index in [2.05, 4.69) is 29.9 Å². The summed E-state index contributed by atoms with van der Waals surface area (Å²) in [5.41, 5.74) is -0.792. The van der Waals surface area contributed by atoms with Crippen molar-refractivity contribution < 1.29 is 33.3 Å². The van der Waals surface area contributed by atoms with E-state index in [0.717, 1.165) is 22.7 Å². The summed E-state index contributed by atoms with van der Waals surface area (Å²) in [6.45, 7) is 9.68. The molecule has 2 aromatic rings. The van der Waals surface area contributed by atoms with E-state index >= 15 is 8.78 Å². The first-order valence-electron chi connectivity index (χ1n) is 14.5. The molecule has 240 valence electrons. The largest absolute Gasteiger partial charge is 0.465 e. The van der Waals surface area contributed by atoms with Gasteiger partial charge in [-0.05, 0) is 62.2 Å². The molecule has 0 spiro atoms. The van der Waals surface area contributed by atoms with Crippen molar-refractivity contribution in [3.63, 3.8) is 0 Å². The number of thioether (sulfide) groups is 1. The number of aliphatic hydroxyl groups is 1. The second-order valence-electron chi connectivity index (χ2n) is 12.7. The molecule has 1 aliphatic heterocycles. The maximum Gasteiger partial charge on any atom is 0.415 e. The van der Waals surface area contributed by atoms with Gasteiger partial charge < -0.3 is 20.3 Å². The van der Waals surface area contributed by atoms with Gasteiger partial charge >= 0.3 is 6.09 Å². The quantitative estimate of drug-likeness (QED) is 0.165. The van der Waals surface area contributed by atoms with Gasteiger partial charge in [0.1, 0.15) is 29.2 Å². The Morgan fingerprint density at radius 3 is 2.67 bits per heavy atom. The van der Waals surface area contributed by atoms with Crippen LogP contribution in [0.3, 0.4) is 0 Å². The van der Waals surface area contributed by atoms with Crippen LogP contribution in [0.25, 0.3) is 11.9 Å². The summed E-state index contributed by atoms with van der Waals surface area (Å²) in [6, 6.07) is 9.52. The lowest BCUT2D eigenvalue weighted by Gasteiger charge is -2.37. The first-order valence-corrected chi connectivity index (χ1v) is 19.0. The van der Waals surface area contributed by atoms with Gasteiger partial charge in [-0.1, -0.05) is 37.5 Å². The molecule has 1 aliphatic carbocycles. The molecule has 0 radical (unpaired) electrons. The van der Waals surface area contributed by atoms with E-state index in [-0.39, 0.29) is 41.7 Å². The highest BCUT2D eigenvalue weighted by molar-refractivity contribution is 8.16. The van der Waals surface area contributed by atoms with Crippen molar-refractivity contribution in [3.05, 3.63) is 64.7 Å². The second-order valence-corrected chi connectivity index (χ2v) is 19.6. The maximum atomic E-state index is 15.6. The first kappa shape index (κ1) is 34.2. The fraction of sp³-hybridized carbons (Fsp3) is 0.452. The SMILES string of the molecule is CC(O)CNC(=O)[C@]12C[C@H]1[C@@](C)(c1cc(/C=C(\F)c3ccc(C#N)cn3)ccc1F)N=C(N(COCC[Si](C)(C)C)C(=O)O)S2. The predicted octanol–water partition coefficient (Wildman–Crippen LogP) is 5.43. The van der Waals surface area contributed by atoms with Crippen LogP contribution in [-0.4, -0.2) is 76.1 Å². The number of halogens is 2. The molecule has 3 N–H and O–H groups in total. The van der Waals surface area contributed by atoms with E-state index in [1.165, 1.54) is 49.5 Å². The van der Waals surface area contributed by atoms with E-state index in [4.69, 9.17) is 15.0 Å². The number of aromatic nitrogens is 1. The minimum Gasteiger partial charge on any atom is -0.465 e. The number of aliphatic hydroxyl groups excluding tert-OH is 1. The standard InChI is InChI=1S/C31H37F2N5O5SSi/c1-19(39)16-36-27(40)31-14-26(31)30(2,37-28(44-31)38(29(41)42)18-43-10-11-45(3,4)5)22-12-20(6-8-23(22)32)13-24(33)25-9-7-21(15-34)17-35-25/h6-9,12-13,17,19,26,39H,10-11,14,16,18H2,1-5H3,(H,36,40)(H,41,42)/b24-13-/t19?,26-,30+,31-/m0/s1. The molecule has 4 rings (SSSR count). The number of amides is 2. The van der Waals surface area contributed by atoms with Crippen LogP contribution in [0, 0.1) is 23.1 Å². The monoisotopic (exact) mass is 657 g/mol. The topological polar surface area (TPSA) is 148 Å². The summed E-state index contributed by atoms with van der Waals surface area (Å²) in [5.74, 6) is -2.32. The molecule has 1 unspecified atom stereocenters. The van der Waals surface area contributed by atoms with Crippen LogP contribution in [0.1, 0.15) is 42.7 Å². The Morgan fingerprint density at radius 1 is 1.33 bits per heavy atom. The molecule has 0 bridgehead atoms. The molecule has 1 fully saturated rings. The van der Waals surface area contributed by atoms with E-state index < -0.39 is 54.0 Å². The molecule has 1 aromatic heterocycles. The Labute approximate surface area is 266 Å². The van der Waals surface area contributed by atoms with Crippen LogP contribution in [0.4, 0.5) is 13.6 Å². The highest BCUT2D eigenvalue weighted by atomic mass is 32.2. The molecule has 1 saturated carbocycles. The number of carbonyl (C=O) groups is 2. The number of nitriles is 1. The van der Waals surface area contributed by atoms with Gasteiger partial charge in [0.15, 0.2) is 5.17 Å². The lowest BCUT2D eigenvalue weighted by atomic mass is 9.84. The van der Waals surface area contributed by atoms with Crippen molar-refractivity contribution in [2.75, 3.05) is 19.9 Å². The lowest BCUT2D eigenvalue weighted by Crippen LogP contribution is -2.48. The molecule has 1 aromatic carbocycles. The number of nitrogens with one attached hydrogen (secondary N) is 1. The van der Waals surface area contributed by atoms with Gasteiger partial charge in [-0.25, -0.2) is 18.5 Å². The molecule has 4 atom stereocenters. The molecular formula is C31H37F2N5O5SSi. The van der Waals surface area contributed by atoms with Crippen LogP contribution in [0.15, 0.2) is 41.5 Å². The minimum absolute atomic E-state index is 0.0114. The van der Waals surface area contributed by atoms with Crippen molar-refractivity contribution >= 4 is 48.9 Å². The molecule has 14 heteroatoms. The summed E-state index contributed by atoms with van der Waals surface area (Å²) < 4.78 is 35.3. The molecular weight excluding hydrogens is 621 g/mol. The molecule has 2 aliphatic rings. The molecule has 0 saturated heterocycles. The number of pyridine rings is 1. The number of benzene rings is 1. The second kappa shape index (κ2) is 13.4. The summed E-state index contributed by atoms with van der Waals surface area (Å²) in [7, 11) is -1.45. The van der Waals surface area contributed by atoms with Crippen molar-refractivity contribution in [1.29, 1.82) is 5.26 Å². The average Bonchev–Trinajstić information content (AvgIpc) is 3.73. The zero-order chi connectivity index (χ0) is 33.2. The van der Waals surface area contributed by atoms with Gasteiger partial charge in [-0.3, -0.25) is 14.8 Å². The number of carbonyl (C=O) groups excluding carboxylic acids is 1. The number of aliphatic imine (C=N–C) groups is 1. The van der Waals surface area contributed by atoms with Crippen LogP contribution in [0.5, 0.6) is 0 Å². The van der Waals surface area contributed by atoms with Crippen molar-refractivity contribution in [2.24, 2.45) is 10.9 Å². The fourth-order valence-corrected chi connectivity index (χ4v) is 7.44. The zero-order valence-electron chi connectivity index (χ0n) is 25.8. The Bertz CT molecular complexity index is 1560. The summed E-state index contributed by atoms with van der Waals surface area (Å²) in [4.78, 5) is 35.6. The van der Waals surface area contributed by atoms with Gasteiger partial charge in [0.25, 0.3) is 0 Å². The third kappa shape index (κ3) is 7.78. The number of hydrogen-bond acceptors (Lipinski definition) is 8. The number of rotatable bonds is 11. The summed E-state index contributed by atoms with van der Waals surface area (Å²) >= 11 is 0.990. The normalized spacial score (nSPS) is 23.3. The van der Waals surface area contributed by atoms with Crippen LogP contribution >= 0.6 is 11.8 Å². The Kier molecular flexibility index (Phi) is 10.2. The zero-order valence-corrected chi connectivity index (χ0v) is 27.6. The lowest BCUT2D eigenvalue weighted by molar-refractivity contribution is -0.122. The Hall–Kier alpha value is -3.64. The van der Waals surface area contributed by atoms with E-state index in [0.29, 0.717) is 12.2 Å². The van der Waals surface area contributed by atoms with Crippen molar-refractivity contribution in [1.82, 2.24) is 15.2 Å². The first-order chi connectivity index (χ1) is 21.1. The number of ether oxygens (including phenoxy) is 1. The van der Waals surface area contributed by atoms with Crippen molar-refractivity contribution in [2.45, 2.75) is 62.3 Å². The smallest absolute Gasteiger partial charge is 0.415 e. The maximum absolute atomic E-state index is 15.6. The highest BCUT2D eigenvalue weighted by Gasteiger charge is 2.71. The van der Waals surface area contributed by atoms with Crippen LogP contribution in [-0.2, 0) is 15.1 Å². The molecule has 2 amide bonds. The number of nitrogens with zero attached hydrogens (tertiary/aromatic N) is 4. The third-order valence-corrected chi connectivity index (χ3v) is 11.0. The average molecular weight is 658 g/mol. The number of hydrogen-bond donors (Lipinski definition) is 3. The fourth-order valence-electron chi connectivity index (χ4n) is 5.09. The third-order valence-electron chi connectivity index (χ3n) is 7.78. The molecule has 10 nitrogen and oxygen atoms in total. The summed E-state index contributed by atoms with van der Waals surface area (Å²) in [5, 5.41) is 31.6. The number of amidine groups is 1. The van der Waals surface area contributed by atoms with Gasteiger partial charge in [0.05, 0.1) is 22.9 Å². The summed E-state index contributed by atoms with van der Waals surface area (Å²) in [6.07, 6.45) is 0.527. The van der Waals surface area contributed by atoms with Gasteiger partial charge in [0.2, 0.25) is 5.91 Å². The van der Waals surface area contributed by atoms with Gasteiger partial charge in [0, 0.05) is 38.9 Å². The highest BCUT2D eigenvalue weighted by Crippen LogP contribution is 2.66. The van der Waals surface area contributed by atoms with Gasteiger partial charge in [-0.2, -0.15) is 5.26 Å². The number of carboxylic acid groups (broad SMARTS) is 1. The molecule has 2 heterocycles. The van der Waals surface area contributed by atoms with Crippen LogP contribution < -0.4 is 5.32 Å². The van der Waals surface area contributed by atoms with E-state index in [9.17, 15) is 19.8 Å².